The molecule has 4 aliphatic heterocycles. The summed E-state index contributed by atoms with van der Waals surface area (Å²) in [5.74, 6) is 5.07. The fourth-order valence-corrected chi connectivity index (χ4v) is 12.6. The third-order valence-corrected chi connectivity index (χ3v) is 18.0. The lowest BCUT2D eigenvalue weighted by Crippen LogP contribution is -2.37. The quantitative estimate of drug-likeness (QED) is 0.0444. The van der Waals surface area contributed by atoms with Crippen LogP contribution in [0.2, 0.25) is 0 Å². The van der Waals surface area contributed by atoms with Gasteiger partial charge in [0.25, 0.3) is 0 Å². The number of hydrogen-bond donors (Lipinski definition) is 1. The fourth-order valence-electron chi connectivity index (χ4n) is 12.2. The van der Waals surface area contributed by atoms with E-state index in [1.54, 1.807) is 39.2 Å². The minimum Gasteiger partial charge on any atom is -0.491 e. The minimum absolute atomic E-state index is 0.00283. The summed E-state index contributed by atoms with van der Waals surface area (Å²) >= 11 is 3.46. The molecule has 4 heterocycles. The monoisotopic (exact) mass is 1450 g/mol. The average molecular weight is 1450 g/mol. The third kappa shape index (κ3) is 25.2. The number of rotatable bonds is 15. The van der Waals surface area contributed by atoms with E-state index in [0.717, 1.165) is 103 Å². The van der Waals surface area contributed by atoms with Gasteiger partial charge in [0.05, 0.1) is 69.6 Å². The molecule has 0 aliphatic carbocycles. The van der Waals surface area contributed by atoms with Gasteiger partial charge in [-0.25, -0.2) is 19.2 Å². The number of anilines is 1. The maximum atomic E-state index is 11.6. The number of halogens is 1. The highest BCUT2D eigenvalue weighted by Crippen LogP contribution is 2.40. The van der Waals surface area contributed by atoms with Gasteiger partial charge in [0.15, 0.2) is 5.75 Å². The zero-order valence-corrected chi connectivity index (χ0v) is 63.9. The lowest BCUT2D eigenvalue weighted by molar-refractivity contribution is -0.386. The van der Waals surface area contributed by atoms with Crippen molar-refractivity contribution in [2.75, 3.05) is 73.4 Å². The van der Waals surface area contributed by atoms with Crippen molar-refractivity contribution < 1.29 is 66.7 Å². The number of nitro benzene ring substituents is 1. The number of hydrogen-bond acceptors (Lipinski definition) is 16. The Labute approximate surface area is 601 Å². The lowest BCUT2D eigenvalue weighted by Gasteiger charge is -2.32. The molecular weight excluding hydrogens is 1340 g/mol. The number of likely N-dealkylation sites (tertiary alicyclic amines) is 3. The zero-order chi connectivity index (χ0) is 74.1. The topological polar surface area (TPSA) is 233 Å². The molecule has 21 nitrogen and oxygen atoms in total. The molecule has 3 fully saturated rings. The molecule has 5 aromatic rings. The van der Waals surface area contributed by atoms with E-state index in [4.69, 9.17) is 43.6 Å². The maximum Gasteiger partial charge on any atom is 0.417 e. The highest BCUT2D eigenvalue weighted by atomic mass is 79.9. The molecule has 100 heavy (non-hydrogen) atoms. The highest BCUT2D eigenvalue weighted by Gasteiger charge is 2.30. The van der Waals surface area contributed by atoms with E-state index >= 15 is 0 Å². The summed E-state index contributed by atoms with van der Waals surface area (Å²) in [4.78, 5) is 63.6. The molecule has 0 unspecified atom stereocenters. The molecule has 4 amide bonds. The smallest absolute Gasteiger partial charge is 0.417 e. The molecule has 2 N–H and O–H groups in total. The van der Waals surface area contributed by atoms with Crippen molar-refractivity contribution in [3.8, 4) is 28.7 Å². The number of allylic oxidation sites excluding steroid dienone is 2. The fraction of sp³-hybridized carbons (Fsp3) is 0.513. The number of aryl methyl sites for hydroxylation is 5. The van der Waals surface area contributed by atoms with Crippen LogP contribution in [0.5, 0.6) is 28.7 Å². The zero-order valence-electron chi connectivity index (χ0n) is 62.3. The van der Waals surface area contributed by atoms with Crippen molar-refractivity contribution >= 4 is 51.7 Å². The summed E-state index contributed by atoms with van der Waals surface area (Å²) in [6, 6.07) is 25.9. The van der Waals surface area contributed by atoms with Crippen molar-refractivity contribution in [2.24, 2.45) is 0 Å². The van der Waals surface area contributed by atoms with Crippen LogP contribution in [-0.4, -0.2) is 147 Å². The largest absolute Gasteiger partial charge is 0.491 e. The molecular formula is C78H109BrN6O15. The first-order chi connectivity index (χ1) is 47.4. The van der Waals surface area contributed by atoms with Gasteiger partial charge < -0.3 is 63.1 Å². The van der Waals surface area contributed by atoms with Crippen LogP contribution in [0.4, 0.5) is 30.6 Å². The molecule has 9 rings (SSSR count). The summed E-state index contributed by atoms with van der Waals surface area (Å²) < 4.78 is 48.6. The molecule has 0 bridgehead atoms. The van der Waals surface area contributed by atoms with E-state index in [1.165, 1.54) is 72.3 Å². The highest BCUT2D eigenvalue weighted by molar-refractivity contribution is 9.10. The Morgan fingerprint density at radius 2 is 0.770 bits per heavy atom. The molecule has 4 aliphatic rings. The first kappa shape index (κ1) is 82.0. The molecule has 3 saturated heterocycles. The Morgan fingerprint density at radius 3 is 1.14 bits per heavy atom. The van der Waals surface area contributed by atoms with E-state index in [1.807, 2.05) is 125 Å². The van der Waals surface area contributed by atoms with Gasteiger partial charge in [-0.15, -0.1) is 0 Å². The predicted octanol–water partition coefficient (Wildman–Crippen LogP) is 18.2. The molecule has 5 aromatic carbocycles. The number of carbonyl (C=O) groups excluding carboxylic acids is 4. The standard InChI is InChI=1S/C17H24N2O5.C17H26N2O3.C17H25NO3.C17H21NO3.C10H13BrO/c1-11(2)24-16-10-14(12(3)9-15(16)19(21)22)13-5-7-18(8-6-13)17(20)23-4;1-11(2)22-16-10-14(12(3)9-15(16)18)13-5-7-19(8-6-13)17(20)21-4;2*1-12(2)21-15-6-5-13(3)16(11-15)14-7-9-18(10-8-14)17(19)20-4;1-7(2)12-9-5-4-8(3)10(11)6-9/h9-11,13H,5-8H2,1-4H3;9-11,13H,5-8,18H2,1-4H3;5-6,11-12,14H,7-10H2,1-4H3;5-12,14H,1-4H3;4-7H,1-3H3. The summed E-state index contributed by atoms with van der Waals surface area (Å²) in [5.41, 5.74) is 17.4. The number of methoxy groups -OCH3 is 4. The number of benzene rings is 5. The molecule has 22 heteroatoms. The second-order valence-corrected chi connectivity index (χ2v) is 27.6. The normalized spacial score (nSPS) is 14.9. The molecule has 0 atom stereocenters. The van der Waals surface area contributed by atoms with Gasteiger partial charge in [-0.1, -0.05) is 46.3 Å². The van der Waals surface area contributed by atoms with Crippen molar-refractivity contribution in [3.05, 3.63) is 168 Å². The van der Waals surface area contributed by atoms with Gasteiger partial charge in [0.1, 0.15) is 23.0 Å². The summed E-state index contributed by atoms with van der Waals surface area (Å²) in [5, 5.41) is 11.3. The van der Waals surface area contributed by atoms with Crippen LogP contribution < -0.4 is 29.4 Å². The van der Waals surface area contributed by atoms with Crippen LogP contribution in [0.25, 0.3) is 0 Å². The van der Waals surface area contributed by atoms with Crippen LogP contribution in [0.3, 0.4) is 0 Å². The Hall–Kier alpha value is -8.66. The summed E-state index contributed by atoms with van der Waals surface area (Å²) in [6.45, 7) is 34.2. The van der Waals surface area contributed by atoms with E-state index < -0.39 is 11.0 Å². The predicted molar refractivity (Wildman–Crippen MR) is 397 cm³/mol. The number of nitro groups is 1. The number of ether oxygens (including phenoxy) is 9. The van der Waals surface area contributed by atoms with Gasteiger partial charge in [-0.3, -0.25) is 15.0 Å². The van der Waals surface area contributed by atoms with Crippen LogP contribution in [0.15, 0.2) is 108 Å². The van der Waals surface area contributed by atoms with E-state index in [9.17, 15) is 29.3 Å². The third-order valence-electron chi connectivity index (χ3n) is 17.2. The minimum atomic E-state index is -0.408. The molecule has 0 spiro atoms. The second-order valence-electron chi connectivity index (χ2n) is 26.7. The second kappa shape index (κ2) is 40.0. The van der Waals surface area contributed by atoms with Crippen LogP contribution in [0.1, 0.15) is 182 Å². The van der Waals surface area contributed by atoms with Crippen molar-refractivity contribution in [1.82, 2.24) is 19.6 Å². The van der Waals surface area contributed by atoms with E-state index in [0.29, 0.717) is 36.4 Å². The number of piperidine rings is 3. The number of amides is 4. The molecule has 548 valence electrons. The lowest BCUT2D eigenvalue weighted by atomic mass is 9.86. The van der Waals surface area contributed by atoms with Gasteiger partial charge in [0.2, 0.25) is 0 Å². The molecule has 0 saturated carbocycles. The maximum absolute atomic E-state index is 11.6. The Bertz CT molecular complexity index is 3540. The van der Waals surface area contributed by atoms with E-state index in [-0.39, 0.29) is 66.3 Å². The first-order valence-corrected chi connectivity index (χ1v) is 35.4. The number of nitrogens with zero attached hydrogens (tertiary/aromatic N) is 5. The van der Waals surface area contributed by atoms with Crippen LogP contribution >= 0.6 is 15.9 Å². The molecule has 0 aromatic heterocycles. The Balaban J connectivity index is 0.000000228. The van der Waals surface area contributed by atoms with Crippen molar-refractivity contribution in [3.63, 3.8) is 0 Å². The number of carbonyl (C=O) groups is 4. The Kier molecular flexibility index (Phi) is 32.8. The number of nitrogen functional groups attached to an aromatic ring is 1. The van der Waals surface area contributed by atoms with Crippen molar-refractivity contribution in [2.45, 2.75) is 197 Å². The Morgan fingerprint density at radius 1 is 0.440 bits per heavy atom. The summed E-state index contributed by atoms with van der Waals surface area (Å²) in [6.07, 6.45) is 12.2. The van der Waals surface area contributed by atoms with Crippen LogP contribution in [-0.2, 0) is 18.9 Å². The molecule has 0 radical (unpaired) electrons. The first-order valence-electron chi connectivity index (χ1n) is 34.6. The van der Waals surface area contributed by atoms with E-state index in [2.05, 4.69) is 78.7 Å². The van der Waals surface area contributed by atoms with Crippen molar-refractivity contribution in [1.29, 1.82) is 0 Å². The SMILES string of the molecule is COC(=O)N1C=CC(c2cc(OC(C)C)ccc2C)C=C1.COC(=O)N1CCC(c2cc(OC(C)C)c(N)cc2C)CC1.COC(=O)N1CCC(c2cc(OC(C)C)c([N+](=O)[O-])cc2C)CC1.COC(=O)N1CCC(c2cc(OC(C)C)ccc2C)CC1.Cc1ccc(OC(C)C)cc1Br. The number of nitrogens with two attached hydrogens (primary N) is 1. The van der Waals surface area contributed by atoms with Gasteiger partial charge in [-0.05, 0) is 265 Å². The van der Waals surface area contributed by atoms with Gasteiger partial charge in [-0.2, -0.15) is 0 Å². The average Bonchev–Trinajstić information content (AvgIpc) is 0.822. The van der Waals surface area contributed by atoms with Gasteiger partial charge in [0, 0.05) is 68.1 Å². The summed E-state index contributed by atoms with van der Waals surface area (Å²) in [7, 11) is 5.61. The van der Waals surface area contributed by atoms with Crippen LogP contribution in [0, 0.1) is 44.7 Å². The van der Waals surface area contributed by atoms with Gasteiger partial charge >= 0.3 is 30.1 Å².